The number of nitrogens with zero attached hydrogens (tertiary/aromatic N) is 3. The number of hydrogen-bond donors (Lipinski definition) is 1. The van der Waals surface area contributed by atoms with E-state index in [-0.39, 0.29) is 11.2 Å². The lowest BCUT2D eigenvalue weighted by molar-refractivity contribution is -0.118. The number of hydrogen-bond acceptors (Lipinski definition) is 8. The van der Waals surface area contributed by atoms with Gasteiger partial charge in [-0.2, -0.15) is 4.98 Å². The Kier molecular flexibility index (Phi) is 5.17. The van der Waals surface area contributed by atoms with Gasteiger partial charge in [-0.1, -0.05) is 25.6 Å². The van der Waals surface area contributed by atoms with Crippen LogP contribution in [0.5, 0.6) is 17.2 Å². The first-order valence-electron chi connectivity index (χ1n) is 9.65. The van der Waals surface area contributed by atoms with Crippen molar-refractivity contribution in [2.45, 2.75) is 37.9 Å². The van der Waals surface area contributed by atoms with E-state index < -0.39 is 6.04 Å². The van der Waals surface area contributed by atoms with E-state index in [1.165, 1.54) is 11.8 Å². The van der Waals surface area contributed by atoms with Gasteiger partial charge in [-0.15, -0.1) is 5.10 Å². The zero-order valence-electron chi connectivity index (χ0n) is 18.0. The molecule has 0 amide bonds. The molecule has 0 saturated carbocycles. The molecule has 0 spiro atoms. The highest BCUT2D eigenvalue weighted by Gasteiger charge is 2.43. The first-order chi connectivity index (χ1) is 14.3. The molecule has 160 valence electrons. The summed E-state index contributed by atoms with van der Waals surface area (Å²) in [6.07, 6.45) is 3.15. The Morgan fingerprint density at radius 1 is 1.10 bits per heavy atom. The van der Waals surface area contributed by atoms with Crippen molar-refractivity contribution >= 4 is 23.5 Å². The SMILES string of the molecule is COc1cc(OC)c([C@H]2C3=C(CC(C)(C)CC3=O)Nc3nc(SC)nn32)cc1OC. The summed E-state index contributed by atoms with van der Waals surface area (Å²) < 4.78 is 18.4. The van der Waals surface area contributed by atoms with Gasteiger partial charge in [0, 0.05) is 29.3 Å². The number of thioether (sulfide) groups is 1. The third-order valence-electron chi connectivity index (χ3n) is 5.53. The van der Waals surface area contributed by atoms with Crippen LogP contribution in [0, 0.1) is 5.41 Å². The third kappa shape index (κ3) is 3.30. The van der Waals surface area contributed by atoms with E-state index in [9.17, 15) is 4.79 Å². The van der Waals surface area contributed by atoms with E-state index in [0.717, 1.165) is 17.7 Å². The summed E-state index contributed by atoms with van der Waals surface area (Å²) in [4.78, 5) is 17.9. The highest BCUT2D eigenvalue weighted by molar-refractivity contribution is 7.98. The van der Waals surface area contributed by atoms with Gasteiger partial charge in [0.2, 0.25) is 11.1 Å². The molecule has 0 radical (unpaired) electrons. The molecule has 8 nitrogen and oxygen atoms in total. The fraction of sp³-hybridized carbons (Fsp3) is 0.476. The molecule has 2 heterocycles. The van der Waals surface area contributed by atoms with Crippen molar-refractivity contribution in [2.24, 2.45) is 5.41 Å². The van der Waals surface area contributed by atoms with E-state index in [0.29, 0.717) is 40.3 Å². The number of carbonyl (C=O) groups excluding carboxylic acids is 1. The molecular weight excluding hydrogens is 404 g/mol. The van der Waals surface area contributed by atoms with Crippen LogP contribution in [0.4, 0.5) is 5.95 Å². The third-order valence-corrected chi connectivity index (χ3v) is 6.06. The molecule has 0 fully saturated rings. The van der Waals surface area contributed by atoms with Crippen LogP contribution >= 0.6 is 11.8 Å². The van der Waals surface area contributed by atoms with Gasteiger partial charge in [-0.05, 0) is 24.2 Å². The topological polar surface area (TPSA) is 87.5 Å². The fourth-order valence-corrected chi connectivity index (χ4v) is 4.58. The number of aromatic nitrogens is 3. The summed E-state index contributed by atoms with van der Waals surface area (Å²) in [5.41, 5.74) is 2.24. The minimum Gasteiger partial charge on any atom is -0.496 e. The van der Waals surface area contributed by atoms with E-state index >= 15 is 0 Å². The summed E-state index contributed by atoms with van der Waals surface area (Å²) in [7, 11) is 4.76. The van der Waals surface area contributed by atoms with E-state index in [4.69, 9.17) is 14.2 Å². The number of Topliss-reactive ketones (excluding diaryl/α,β-unsaturated/α-hetero) is 1. The molecule has 0 bridgehead atoms. The molecule has 1 aliphatic heterocycles. The van der Waals surface area contributed by atoms with Gasteiger partial charge in [-0.3, -0.25) is 4.79 Å². The number of benzene rings is 1. The molecule has 1 aliphatic carbocycles. The summed E-state index contributed by atoms with van der Waals surface area (Å²) in [6.45, 7) is 4.21. The monoisotopic (exact) mass is 430 g/mol. The summed E-state index contributed by atoms with van der Waals surface area (Å²) in [6, 6.07) is 3.16. The molecule has 2 aliphatic rings. The number of allylic oxidation sites excluding steroid dienone is 2. The average molecular weight is 431 g/mol. The zero-order chi connectivity index (χ0) is 21.6. The first kappa shape index (κ1) is 20.6. The maximum atomic E-state index is 13.3. The number of nitrogens with one attached hydrogen (secondary N) is 1. The molecule has 9 heteroatoms. The molecule has 0 unspecified atom stereocenters. The van der Waals surface area contributed by atoms with Crippen molar-refractivity contribution in [3.63, 3.8) is 0 Å². The molecule has 1 aromatic carbocycles. The highest BCUT2D eigenvalue weighted by Crippen LogP contribution is 2.49. The van der Waals surface area contributed by atoms with E-state index in [1.54, 1.807) is 32.1 Å². The van der Waals surface area contributed by atoms with Crippen molar-refractivity contribution in [1.29, 1.82) is 0 Å². The standard InChI is InChI=1S/C21H26N4O4S/c1-21(2)9-12-17(13(26)10-21)18(25-19(22-12)23-20(24-25)30-6)11-7-15(28-4)16(29-5)8-14(11)27-3/h7-8,18H,9-10H2,1-6H3,(H,22,23,24)/t18-/m0/s1. The Morgan fingerprint density at radius 3 is 2.40 bits per heavy atom. The molecule has 30 heavy (non-hydrogen) atoms. The number of ether oxygens (including phenoxy) is 3. The van der Waals surface area contributed by atoms with Gasteiger partial charge in [0.1, 0.15) is 11.8 Å². The minimum atomic E-state index is -0.469. The maximum Gasteiger partial charge on any atom is 0.227 e. The number of rotatable bonds is 5. The van der Waals surface area contributed by atoms with Gasteiger partial charge in [0.15, 0.2) is 17.3 Å². The van der Waals surface area contributed by atoms with Crippen LogP contribution in [-0.4, -0.2) is 48.1 Å². The number of anilines is 1. The van der Waals surface area contributed by atoms with Gasteiger partial charge in [0.25, 0.3) is 0 Å². The molecule has 0 saturated heterocycles. The Labute approximate surface area is 180 Å². The van der Waals surface area contributed by atoms with E-state index in [1.807, 2.05) is 12.3 Å². The molecule has 1 N–H and O–H groups in total. The zero-order valence-corrected chi connectivity index (χ0v) is 18.8. The highest BCUT2D eigenvalue weighted by atomic mass is 32.2. The number of ketones is 1. The normalized spacial score (nSPS) is 19.7. The van der Waals surface area contributed by atoms with Crippen LogP contribution in [-0.2, 0) is 4.79 Å². The van der Waals surface area contributed by atoms with Crippen LogP contribution in [0.3, 0.4) is 0 Å². The van der Waals surface area contributed by atoms with Crippen LogP contribution in [0.2, 0.25) is 0 Å². The predicted octanol–water partition coefficient (Wildman–Crippen LogP) is 3.68. The average Bonchev–Trinajstić information content (AvgIpc) is 3.13. The summed E-state index contributed by atoms with van der Waals surface area (Å²) in [5.74, 6) is 2.43. The molecule has 2 aromatic rings. The maximum absolute atomic E-state index is 13.3. The molecule has 4 rings (SSSR count). The Morgan fingerprint density at radius 2 is 1.77 bits per heavy atom. The van der Waals surface area contributed by atoms with Crippen molar-refractivity contribution in [3.8, 4) is 17.2 Å². The van der Waals surface area contributed by atoms with Crippen LogP contribution < -0.4 is 19.5 Å². The van der Waals surface area contributed by atoms with Crippen LogP contribution in [0.15, 0.2) is 28.6 Å². The first-order valence-corrected chi connectivity index (χ1v) is 10.9. The predicted molar refractivity (Wildman–Crippen MR) is 115 cm³/mol. The molecule has 1 aromatic heterocycles. The van der Waals surface area contributed by atoms with E-state index in [2.05, 4.69) is 29.2 Å². The fourth-order valence-electron chi connectivity index (χ4n) is 4.23. The number of methoxy groups -OCH3 is 3. The Balaban J connectivity index is 1.98. The Bertz CT molecular complexity index is 1040. The molecular formula is C21H26N4O4S. The lowest BCUT2D eigenvalue weighted by Crippen LogP contribution is -2.36. The molecule has 1 atom stereocenters. The summed E-state index contributed by atoms with van der Waals surface area (Å²) >= 11 is 1.45. The second-order valence-corrected chi connectivity index (χ2v) is 8.95. The van der Waals surface area contributed by atoms with Crippen molar-refractivity contribution in [3.05, 3.63) is 29.0 Å². The lowest BCUT2D eigenvalue weighted by atomic mass is 9.73. The van der Waals surface area contributed by atoms with Crippen molar-refractivity contribution in [2.75, 3.05) is 32.9 Å². The van der Waals surface area contributed by atoms with Crippen LogP contribution in [0.25, 0.3) is 0 Å². The number of carbonyl (C=O) groups is 1. The second-order valence-electron chi connectivity index (χ2n) is 8.18. The smallest absolute Gasteiger partial charge is 0.227 e. The van der Waals surface area contributed by atoms with Gasteiger partial charge >= 0.3 is 0 Å². The van der Waals surface area contributed by atoms with Gasteiger partial charge < -0.3 is 19.5 Å². The second kappa shape index (κ2) is 7.54. The Hall–Kier alpha value is -2.68. The van der Waals surface area contributed by atoms with Crippen molar-refractivity contribution in [1.82, 2.24) is 14.8 Å². The van der Waals surface area contributed by atoms with Gasteiger partial charge in [0.05, 0.1) is 21.3 Å². The minimum absolute atomic E-state index is 0.0995. The largest absolute Gasteiger partial charge is 0.496 e. The quantitative estimate of drug-likeness (QED) is 0.719. The summed E-state index contributed by atoms with van der Waals surface area (Å²) in [5, 5.41) is 8.65. The number of fused-ring (bicyclic) bond motifs is 1. The van der Waals surface area contributed by atoms with Crippen LogP contribution in [0.1, 0.15) is 38.3 Å². The van der Waals surface area contributed by atoms with Crippen molar-refractivity contribution < 1.29 is 19.0 Å². The van der Waals surface area contributed by atoms with Gasteiger partial charge in [-0.25, -0.2) is 4.68 Å². The lowest BCUT2D eigenvalue weighted by Gasteiger charge is -2.38.